The van der Waals surface area contributed by atoms with Gasteiger partial charge in [-0.15, -0.1) is 0 Å². The van der Waals surface area contributed by atoms with Crippen molar-refractivity contribution in [3.63, 3.8) is 0 Å². The summed E-state index contributed by atoms with van der Waals surface area (Å²) < 4.78 is 0. The molecule has 237 valence electrons. The number of nitrogens with zero attached hydrogens (tertiary/aromatic N) is 2. The zero-order valence-corrected chi connectivity index (χ0v) is 28.6. The van der Waals surface area contributed by atoms with Crippen LogP contribution < -0.4 is 0 Å². The van der Waals surface area contributed by atoms with Crippen molar-refractivity contribution < 1.29 is 17.1 Å². The van der Waals surface area contributed by atoms with Crippen LogP contribution in [0.4, 0.5) is 0 Å². The second-order valence-electron chi connectivity index (χ2n) is 12.1. The van der Waals surface area contributed by atoms with Crippen molar-refractivity contribution in [3.05, 3.63) is 167 Å². The molecule has 6 heteroatoms. The molecule has 0 spiro atoms. The second-order valence-corrected chi connectivity index (χ2v) is 12.5. The molecule has 0 unspecified atom stereocenters. The fourth-order valence-corrected chi connectivity index (χ4v) is 7.13. The zero-order chi connectivity index (χ0) is 32.7. The van der Waals surface area contributed by atoms with E-state index in [1.165, 1.54) is 0 Å². The van der Waals surface area contributed by atoms with E-state index in [-0.39, 0.29) is 17.1 Å². The second kappa shape index (κ2) is 13.3. The van der Waals surface area contributed by atoms with Gasteiger partial charge in [-0.1, -0.05) is 133 Å². The fourth-order valence-electron chi connectivity index (χ4n) is 6.88. The van der Waals surface area contributed by atoms with Gasteiger partial charge in [0.1, 0.15) is 0 Å². The summed E-state index contributed by atoms with van der Waals surface area (Å²) in [6.07, 6.45) is 8.40. The summed E-state index contributed by atoms with van der Waals surface area (Å²) >= 11 is 7.20. The van der Waals surface area contributed by atoms with Crippen molar-refractivity contribution in [1.82, 2.24) is 19.9 Å². The molecule has 50 heavy (non-hydrogen) atoms. The van der Waals surface area contributed by atoms with E-state index in [0.717, 1.165) is 89.4 Å². The molecule has 7 aromatic rings. The van der Waals surface area contributed by atoms with Gasteiger partial charge in [-0.05, 0) is 64.8 Å². The Morgan fingerprint density at radius 1 is 0.380 bits per heavy atom. The molecule has 4 nitrogen and oxygen atoms in total. The number of benzene rings is 4. The van der Waals surface area contributed by atoms with E-state index >= 15 is 0 Å². The predicted molar refractivity (Wildman–Crippen MR) is 206 cm³/mol. The standard InChI is InChI=1S/C44H29ClN4.Fe/c45-32-27-39-42(30-17-9-3-10-18-30)37-24-23-35(47-37)40(28-13-5-1-6-14-28)33-21-22-34(46-33)41(29-15-7-2-8-16-29)36-25-26-38(48-36)43(44(32)49-39)31-19-11-4-12-20-31;/h1-27,46,49H;/q;+3. The molecule has 0 saturated heterocycles. The number of nitrogens with one attached hydrogen (secondary N) is 2. The molecule has 1 radical (unpaired) electrons. The Morgan fingerprint density at radius 2 is 0.720 bits per heavy atom. The van der Waals surface area contributed by atoms with Gasteiger partial charge < -0.3 is 9.97 Å². The van der Waals surface area contributed by atoms with Crippen LogP contribution in [-0.4, -0.2) is 19.9 Å². The van der Waals surface area contributed by atoms with Crippen LogP contribution in [0.25, 0.3) is 90.9 Å². The van der Waals surface area contributed by atoms with E-state index in [0.29, 0.717) is 5.02 Å². The number of aromatic nitrogens is 4. The average Bonchev–Trinajstić information content (AvgIpc) is 3.98. The summed E-state index contributed by atoms with van der Waals surface area (Å²) in [5.74, 6) is 0. The Bertz CT molecular complexity index is 2590. The van der Waals surface area contributed by atoms with Gasteiger partial charge in [-0.25, -0.2) is 9.97 Å². The smallest absolute Gasteiger partial charge is 0.354 e. The molecule has 8 bridgehead atoms. The summed E-state index contributed by atoms with van der Waals surface area (Å²) in [4.78, 5) is 18.2. The molecule has 5 heterocycles. The molecule has 2 aliphatic heterocycles. The van der Waals surface area contributed by atoms with Gasteiger partial charge in [-0.2, -0.15) is 0 Å². The van der Waals surface area contributed by atoms with Crippen molar-refractivity contribution >= 4 is 58.0 Å². The van der Waals surface area contributed by atoms with E-state index in [2.05, 4.69) is 131 Å². The Kier molecular flexibility index (Phi) is 8.39. The quantitative estimate of drug-likeness (QED) is 0.179. The van der Waals surface area contributed by atoms with Crippen molar-refractivity contribution in [2.24, 2.45) is 0 Å². The Labute approximate surface area is 305 Å². The van der Waals surface area contributed by atoms with Crippen LogP contribution in [0, 0.1) is 0 Å². The summed E-state index contributed by atoms with van der Waals surface area (Å²) in [5, 5.41) is 0.611. The summed E-state index contributed by atoms with van der Waals surface area (Å²) in [5.41, 5.74) is 15.2. The Hall–Kier alpha value is -5.71. The van der Waals surface area contributed by atoms with Crippen molar-refractivity contribution in [3.8, 4) is 44.5 Å². The molecule has 2 N–H and O–H groups in total. The number of hydrogen-bond acceptors (Lipinski definition) is 2. The number of fused-ring (bicyclic) bond motifs is 8. The maximum Gasteiger partial charge on any atom is 3.00 e. The van der Waals surface area contributed by atoms with Gasteiger partial charge in [0.25, 0.3) is 0 Å². The SMILES string of the molecule is Clc1cc2[nH]c1c(-c1ccccc1)c1nc(c(-c3ccccc3)c3ccc([nH]3)c(-c3ccccc3)c3nc(c2-c2ccccc2)C=C3)C=C1.[Fe+3]. The van der Waals surface area contributed by atoms with Gasteiger partial charge in [0.05, 0.1) is 38.8 Å². The minimum atomic E-state index is 0. The van der Waals surface area contributed by atoms with E-state index in [1.54, 1.807) is 0 Å². The van der Waals surface area contributed by atoms with E-state index in [9.17, 15) is 0 Å². The van der Waals surface area contributed by atoms with Crippen molar-refractivity contribution in [1.29, 1.82) is 0 Å². The molecular formula is C44H29ClFeN4+3. The van der Waals surface area contributed by atoms with Crippen LogP contribution in [-0.2, 0) is 17.1 Å². The molecule has 0 amide bonds. The maximum atomic E-state index is 7.20. The molecule has 9 rings (SSSR count). The molecule has 0 saturated carbocycles. The van der Waals surface area contributed by atoms with Crippen molar-refractivity contribution in [2.75, 3.05) is 0 Å². The summed E-state index contributed by atoms with van der Waals surface area (Å²) in [6.45, 7) is 0. The first-order chi connectivity index (χ1) is 24.2. The van der Waals surface area contributed by atoms with Crippen LogP contribution in [0.1, 0.15) is 22.8 Å². The summed E-state index contributed by atoms with van der Waals surface area (Å²) in [7, 11) is 0. The first-order valence-corrected chi connectivity index (χ1v) is 16.7. The van der Waals surface area contributed by atoms with Crippen molar-refractivity contribution in [2.45, 2.75) is 0 Å². The first kappa shape index (κ1) is 31.6. The number of hydrogen-bond donors (Lipinski definition) is 2. The predicted octanol–water partition coefficient (Wildman–Crippen LogP) is 12.0. The third kappa shape index (κ3) is 5.62. The molecule has 4 aromatic carbocycles. The number of H-pyrrole nitrogens is 2. The molecule has 3 aromatic heterocycles. The number of aromatic amines is 2. The topological polar surface area (TPSA) is 57.4 Å². The van der Waals surface area contributed by atoms with Crippen LogP contribution in [0.5, 0.6) is 0 Å². The zero-order valence-electron chi connectivity index (χ0n) is 26.7. The normalized spacial score (nSPS) is 11.8. The van der Waals surface area contributed by atoms with Gasteiger partial charge in [0.15, 0.2) is 0 Å². The van der Waals surface area contributed by atoms with E-state index in [4.69, 9.17) is 21.6 Å². The molecular weight excluding hydrogens is 676 g/mol. The van der Waals surface area contributed by atoms with Gasteiger partial charge in [0, 0.05) is 33.3 Å². The van der Waals surface area contributed by atoms with Crippen LogP contribution in [0.3, 0.4) is 0 Å². The Balaban J connectivity index is 0.00000361. The summed E-state index contributed by atoms with van der Waals surface area (Å²) in [6, 6.07) is 47.9. The van der Waals surface area contributed by atoms with Gasteiger partial charge in [0.2, 0.25) is 0 Å². The minimum Gasteiger partial charge on any atom is -0.354 e. The third-order valence-electron chi connectivity index (χ3n) is 9.07. The number of rotatable bonds is 4. The van der Waals surface area contributed by atoms with Crippen LogP contribution in [0.15, 0.2) is 140 Å². The molecule has 2 aliphatic rings. The third-order valence-corrected chi connectivity index (χ3v) is 9.37. The largest absolute Gasteiger partial charge is 3.00 e. The fraction of sp³-hybridized carbons (Fsp3) is 0. The minimum absolute atomic E-state index is 0. The van der Waals surface area contributed by atoms with E-state index < -0.39 is 0 Å². The van der Waals surface area contributed by atoms with Gasteiger partial charge in [-0.3, -0.25) is 0 Å². The molecule has 0 fully saturated rings. The molecule has 0 atom stereocenters. The maximum absolute atomic E-state index is 7.20. The van der Waals surface area contributed by atoms with E-state index in [1.807, 2.05) is 42.5 Å². The van der Waals surface area contributed by atoms with Crippen LogP contribution in [0.2, 0.25) is 5.02 Å². The number of halogens is 1. The van der Waals surface area contributed by atoms with Gasteiger partial charge >= 0.3 is 17.1 Å². The van der Waals surface area contributed by atoms with Crippen LogP contribution >= 0.6 is 11.6 Å². The Morgan fingerprint density at radius 3 is 1.12 bits per heavy atom. The first-order valence-electron chi connectivity index (χ1n) is 16.3. The molecule has 0 aliphatic carbocycles. The average molecular weight is 705 g/mol. The monoisotopic (exact) mass is 704 g/mol.